The number of anilines is 1. The molecule has 0 saturated carbocycles. The summed E-state index contributed by atoms with van der Waals surface area (Å²) in [6.45, 7) is 8.74. The molecule has 0 bridgehead atoms. The van der Waals surface area contributed by atoms with Gasteiger partial charge in [-0.05, 0) is 51.2 Å². The fourth-order valence-electron chi connectivity index (χ4n) is 4.68. The SMILES string of the molecule is C[C@H]1CCCCN1c1ccc(C(=O)N2CCC(N3CCOCC3)CC2)cn1. The topological polar surface area (TPSA) is 48.9 Å². The molecule has 0 radical (unpaired) electrons. The second kappa shape index (κ2) is 8.57. The first-order valence-electron chi connectivity index (χ1n) is 10.6. The summed E-state index contributed by atoms with van der Waals surface area (Å²) in [5.74, 6) is 1.13. The summed E-state index contributed by atoms with van der Waals surface area (Å²) in [5.41, 5.74) is 0.716. The average molecular weight is 373 g/mol. The molecule has 0 aromatic carbocycles. The lowest BCUT2D eigenvalue weighted by molar-refractivity contribution is 0.00158. The second-order valence-corrected chi connectivity index (χ2v) is 8.11. The number of pyridine rings is 1. The fourth-order valence-corrected chi connectivity index (χ4v) is 4.68. The lowest BCUT2D eigenvalue weighted by atomic mass is 10.0. The lowest BCUT2D eigenvalue weighted by Crippen LogP contribution is -2.50. The predicted octanol–water partition coefficient (Wildman–Crippen LogP) is 2.40. The molecule has 3 aliphatic rings. The molecule has 1 atom stereocenters. The molecule has 1 aromatic rings. The number of nitrogens with zero attached hydrogens (tertiary/aromatic N) is 4. The third-order valence-electron chi connectivity index (χ3n) is 6.41. The maximum Gasteiger partial charge on any atom is 0.255 e. The van der Waals surface area contributed by atoms with E-state index in [0.717, 1.165) is 64.6 Å². The van der Waals surface area contributed by atoms with E-state index in [0.29, 0.717) is 17.6 Å². The average Bonchev–Trinajstić information content (AvgIpc) is 2.74. The first-order valence-corrected chi connectivity index (χ1v) is 10.6. The Morgan fingerprint density at radius 1 is 1.04 bits per heavy atom. The van der Waals surface area contributed by atoms with Crippen molar-refractivity contribution in [3.8, 4) is 0 Å². The molecular formula is C21H32N4O2. The van der Waals surface area contributed by atoms with Crippen LogP contribution in [0, 0.1) is 0 Å². The van der Waals surface area contributed by atoms with Crippen molar-refractivity contribution < 1.29 is 9.53 Å². The highest BCUT2D eigenvalue weighted by Crippen LogP contribution is 2.24. The zero-order valence-corrected chi connectivity index (χ0v) is 16.5. The van der Waals surface area contributed by atoms with Crippen LogP contribution in [0.2, 0.25) is 0 Å². The number of hydrogen-bond donors (Lipinski definition) is 0. The number of morpholine rings is 1. The molecule has 1 aromatic heterocycles. The highest BCUT2D eigenvalue weighted by atomic mass is 16.5. The van der Waals surface area contributed by atoms with Crippen molar-refractivity contribution >= 4 is 11.7 Å². The molecule has 0 spiro atoms. The van der Waals surface area contributed by atoms with Crippen molar-refractivity contribution in [3.63, 3.8) is 0 Å². The summed E-state index contributed by atoms with van der Waals surface area (Å²) in [4.78, 5) is 24.4. The first-order chi connectivity index (χ1) is 13.2. The van der Waals surface area contributed by atoms with Crippen LogP contribution in [0.3, 0.4) is 0 Å². The zero-order valence-electron chi connectivity index (χ0n) is 16.5. The van der Waals surface area contributed by atoms with Crippen molar-refractivity contribution in [1.29, 1.82) is 0 Å². The molecule has 3 aliphatic heterocycles. The Labute approximate surface area is 162 Å². The van der Waals surface area contributed by atoms with E-state index in [2.05, 4.69) is 21.7 Å². The van der Waals surface area contributed by atoms with E-state index >= 15 is 0 Å². The molecule has 0 N–H and O–H groups in total. The van der Waals surface area contributed by atoms with Crippen molar-refractivity contribution in [2.75, 3.05) is 50.8 Å². The van der Waals surface area contributed by atoms with Gasteiger partial charge in [0.05, 0.1) is 18.8 Å². The number of amides is 1. The Morgan fingerprint density at radius 3 is 2.48 bits per heavy atom. The maximum absolute atomic E-state index is 12.9. The van der Waals surface area contributed by atoms with Crippen molar-refractivity contribution in [3.05, 3.63) is 23.9 Å². The van der Waals surface area contributed by atoms with Crippen LogP contribution in [-0.4, -0.2) is 78.7 Å². The number of rotatable bonds is 3. The van der Waals surface area contributed by atoms with Crippen LogP contribution in [0.5, 0.6) is 0 Å². The van der Waals surface area contributed by atoms with Crippen LogP contribution in [0.1, 0.15) is 49.4 Å². The van der Waals surface area contributed by atoms with Gasteiger partial charge >= 0.3 is 0 Å². The van der Waals surface area contributed by atoms with E-state index in [1.165, 1.54) is 19.3 Å². The van der Waals surface area contributed by atoms with E-state index in [-0.39, 0.29) is 5.91 Å². The van der Waals surface area contributed by atoms with E-state index in [1.54, 1.807) is 6.20 Å². The number of piperidine rings is 2. The zero-order chi connectivity index (χ0) is 18.6. The van der Waals surface area contributed by atoms with Gasteiger partial charge in [0.2, 0.25) is 0 Å². The molecule has 1 amide bonds. The summed E-state index contributed by atoms with van der Waals surface area (Å²) < 4.78 is 5.45. The molecule has 6 nitrogen and oxygen atoms in total. The van der Waals surface area contributed by atoms with Crippen molar-refractivity contribution in [1.82, 2.24) is 14.8 Å². The van der Waals surface area contributed by atoms with Crippen molar-refractivity contribution in [2.45, 2.75) is 51.1 Å². The van der Waals surface area contributed by atoms with Gasteiger partial charge in [-0.2, -0.15) is 0 Å². The van der Waals surface area contributed by atoms with E-state index in [1.807, 2.05) is 17.0 Å². The highest BCUT2D eigenvalue weighted by molar-refractivity contribution is 5.94. The van der Waals surface area contributed by atoms with Crippen LogP contribution in [-0.2, 0) is 4.74 Å². The van der Waals surface area contributed by atoms with Crippen LogP contribution >= 0.6 is 0 Å². The smallest absolute Gasteiger partial charge is 0.255 e. The quantitative estimate of drug-likeness (QED) is 0.815. The number of likely N-dealkylation sites (tertiary alicyclic amines) is 1. The molecule has 4 heterocycles. The minimum Gasteiger partial charge on any atom is -0.379 e. The maximum atomic E-state index is 12.9. The summed E-state index contributed by atoms with van der Waals surface area (Å²) in [6.07, 6.45) is 7.64. The van der Waals surface area contributed by atoms with Gasteiger partial charge in [0.1, 0.15) is 5.82 Å². The van der Waals surface area contributed by atoms with Crippen LogP contribution < -0.4 is 4.90 Å². The van der Waals surface area contributed by atoms with Crippen LogP contribution in [0.25, 0.3) is 0 Å². The minimum absolute atomic E-state index is 0.126. The Bertz CT molecular complexity index is 622. The summed E-state index contributed by atoms with van der Waals surface area (Å²) in [5, 5.41) is 0. The Morgan fingerprint density at radius 2 is 1.81 bits per heavy atom. The molecule has 27 heavy (non-hydrogen) atoms. The molecule has 3 fully saturated rings. The molecule has 3 saturated heterocycles. The number of hydrogen-bond acceptors (Lipinski definition) is 5. The van der Waals surface area contributed by atoms with E-state index in [4.69, 9.17) is 4.74 Å². The van der Waals surface area contributed by atoms with Gasteiger partial charge in [-0.3, -0.25) is 9.69 Å². The number of ether oxygens (including phenoxy) is 1. The van der Waals surface area contributed by atoms with Gasteiger partial charge in [0.15, 0.2) is 0 Å². The summed E-state index contributed by atoms with van der Waals surface area (Å²) >= 11 is 0. The standard InChI is InChI=1S/C21H32N4O2/c1-17-4-2-3-9-25(17)20-6-5-18(16-22-20)21(26)24-10-7-19(8-11-24)23-12-14-27-15-13-23/h5-6,16-17,19H,2-4,7-15H2,1H3/t17-/m0/s1. The van der Waals surface area contributed by atoms with Crippen LogP contribution in [0.4, 0.5) is 5.82 Å². The Balaban J connectivity index is 1.33. The Kier molecular flexibility index (Phi) is 5.93. The van der Waals surface area contributed by atoms with Crippen LogP contribution in [0.15, 0.2) is 18.3 Å². The molecule has 4 rings (SSSR count). The summed E-state index contributed by atoms with van der Waals surface area (Å²) in [6, 6.07) is 5.11. The highest BCUT2D eigenvalue weighted by Gasteiger charge is 2.28. The lowest BCUT2D eigenvalue weighted by Gasteiger charge is -2.40. The van der Waals surface area contributed by atoms with Crippen molar-refractivity contribution in [2.24, 2.45) is 0 Å². The largest absolute Gasteiger partial charge is 0.379 e. The van der Waals surface area contributed by atoms with Gasteiger partial charge in [-0.15, -0.1) is 0 Å². The third kappa shape index (κ3) is 4.27. The number of carbonyl (C=O) groups excluding carboxylic acids is 1. The molecule has 0 unspecified atom stereocenters. The Hall–Kier alpha value is -1.66. The third-order valence-corrected chi connectivity index (χ3v) is 6.41. The van der Waals surface area contributed by atoms with Gasteiger partial charge in [0, 0.05) is 51.0 Å². The van der Waals surface area contributed by atoms with E-state index in [9.17, 15) is 4.79 Å². The molecular weight excluding hydrogens is 340 g/mol. The fraction of sp³-hybridized carbons (Fsp3) is 0.714. The molecule has 0 aliphatic carbocycles. The number of aromatic nitrogens is 1. The molecule has 6 heteroatoms. The van der Waals surface area contributed by atoms with Gasteiger partial charge in [0.25, 0.3) is 5.91 Å². The second-order valence-electron chi connectivity index (χ2n) is 8.11. The predicted molar refractivity (Wildman–Crippen MR) is 106 cm³/mol. The monoisotopic (exact) mass is 372 g/mol. The van der Waals surface area contributed by atoms with Gasteiger partial charge in [-0.1, -0.05) is 0 Å². The van der Waals surface area contributed by atoms with E-state index < -0.39 is 0 Å². The first kappa shape index (κ1) is 18.7. The summed E-state index contributed by atoms with van der Waals surface area (Å²) in [7, 11) is 0. The van der Waals surface area contributed by atoms with Gasteiger partial charge in [-0.25, -0.2) is 4.98 Å². The normalized spacial score (nSPS) is 25.6. The number of carbonyl (C=O) groups is 1. The van der Waals surface area contributed by atoms with Gasteiger partial charge < -0.3 is 14.5 Å². The minimum atomic E-state index is 0.126. The molecule has 148 valence electrons.